The van der Waals surface area contributed by atoms with Gasteiger partial charge in [0.15, 0.2) is 5.69 Å². The number of fused-ring (bicyclic) bond motifs is 1. The van der Waals surface area contributed by atoms with Gasteiger partial charge in [-0.2, -0.15) is 5.10 Å². The van der Waals surface area contributed by atoms with Gasteiger partial charge >= 0.3 is 0 Å². The van der Waals surface area contributed by atoms with Gasteiger partial charge in [0.25, 0.3) is 5.91 Å². The van der Waals surface area contributed by atoms with Crippen LogP contribution in [0.5, 0.6) is 0 Å². The molecule has 2 atom stereocenters. The molecule has 0 spiro atoms. The Morgan fingerprint density at radius 1 is 1.03 bits per heavy atom. The van der Waals surface area contributed by atoms with Crippen molar-refractivity contribution in [1.82, 2.24) is 14.7 Å². The van der Waals surface area contributed by atoms with Crippen molar-refractivity contribution in [2.24, 2.45) is 5.73 Å². The number of para-hydroxylation sites is 1. The lowest BCUT2D eigenvalue weighted by molar-refractivity contribution is 0.0781. The molecule has 1 aliphatic heterocycles. The van der Waals surface area contributed by atoms with E-state index in [2.05, 4.69) is 17.2 Å². The molecule has 0 radical (unpaired) electrons. The molecule has 0 unspecified atom stereocenters. The number of hydrogen-bond donors (Lipinski definition) is 1. The maximum atomic E-state index is 14.4. The monoisotopic (exact) mass is 390 g/mol. The molecule has 2 aliphatic rings. The van der Waals surface area contributed by atoms with Crippen LogP contribution in [0.15, 0.2) is 54.6 Å². The van der Waals surface area contributed by atoms with Gasteiger partial charge in [0, 0.05) is 36.3 Å². The van der Waals surface area contributed by atoms with Crippen LogP contribution in [0.1, 0.15) is 39.6 Å². The largest absolute Gasteiger partial charge is 0.335 e. The highest BCUT2D eigenvalue weighted by Crippen LogP contribution is 2.32. The molecule has 5 nitrogen and oxygen atoms in total. The summed E-state index contributed by atoms with van der Waals surface area (Å²) in [5.41, 5.74) is 10.3. The quantitative estimate of drug-likeness (QED) is 0.748. The highest BCUT2D eigenvalue weighted by molar-refractivity contribution is 5.94. The van der Waals surface area contributed by atoms with Gasteiger partial charge < -0.3 is 10.6 Å². The van der Waals surface area contributed by atoms with Crippen molar-refractivity contribution < 1.29 is 9.18 Å². The first kappa shape index (κ1) is 18.1. The Bertz CT molecular complexity index is 1060. The summed E-state index contributed by atoms with van der Waals surface area (Å²) in [6.45, 7) is 1.07. The molecule has 0 saturated carbocycles. The van der Waals surface area contributed by atoms with E-state index in [4.69, 9.17) is 5.73 Å². The summed E-state index contributed by atoms with van der Waals surface area (Å²) in [4.78, 5) is 15.2. The second-order valence-corrected chi connectivity index (χ2v) is 7.88. The minimum atomic E-state index is -0.337. The van der Waals surface area contributed by atoms with E-state index >= 15 is 0 Å². The van der Waals surface area contributed by atoms with E-state index in [1.54, 1.807) is 27.8 Å². The third-order valence-electron chi connectivity index (χ3n) is 6.09. The van der Waals surface area contributed by atoms with Crippen molar-refractivity contribution in [3.05, 3.63) is 82.9 Å². The first-order chi connectivity index (χ1) is 14.1. The minimum absolute atomic E-state index is 0.105. The van der Waals surface area contributed by atoms with Crippen LogP contribution in [0, 0.1) is 5.82 Å². The maximum Gasteiger partial charge on any atom is 0.274 e. The third-order valence-corrected chi connectivity index (χ3v) is 6.09. The molecular weight excluding hydrogens is 367 g/mol. The number of hydrogen-bond acceptors (Lipinski definition) is 3. The van der Waals surface area contributed by atoms with Gasteiger partial charge in [0.2, 0.25) is 0 Å². The Kier molecular flexibility index (Phi) is 4.43. The zero-order valence-corrected chi connectivity index (χ0v) is 16.1. The van der Waals surface area contributed by atoms with Crippen LogP contribution in [0.2, 0.25) is 0 Å². The van der Waals surface area contributed by atoms with Crippen molar-refractivity contribution in [3.63, 3.8) is 0 Å². The molecule has 0 bridgehead atoms. The van der Waals surface area contributed by atoms with E-state index in [9.17, 15) is 9.18 Å². The van der Waals surface area contributed by atoms with E-state index in [1.165, 1.54) is 6.07 Å². The molecule has 2 heterocycles. The second kappa shape index (κ2) is 7.12. The third kappa shape index (κ3) is 3.04. The average Bonchev–Trinajstić information content (AvgIpc) is 3.44. The maximum absolute atomic E-state index is 14.4. The van der Waals surface area contributed by atoms with Crippen LogP contribution >= 0.6 is 0 Å². The van der Waals surface area contributed by atoms with Crippen molar-refractivity contribution in [1.29, 1.82) is 0 Å². The number of carbonyl (C=O) groups is 1. The Labute approximate surface area is 168 Å². The summed E-state index contributed by atoms with van der Waals surface area (Å²) in [7, 11) is 0. The van der Waals surface area contributed by atoms with Crippen LogP contribution in [0.4, 0.5) is 4.39 Å². The highest BCUT2D eigenvalue weighted by atomic mass is 19.1. The number of carbonyl (C=O) groups excluding carboxylic acids is 1. The first-order valence-electron chi connectivity index (χ1n) is 10.1. The number of benzene rings is 2. The van der Waals surface area contributed by atoms with Gasteiger partial charge in [-0.25, -0.2) is 9.07 Å². The lowest BCUT2D eigenvalue weighted by Gasteiger charge is -2.16. The smallest absolute Gasteiger partial charge is 0.274 e. The molecule has 148 valence electrons. The predicted octanol–water partition coefficient (Wildman–Crippen LogP) is 3.07. The Morgan fingerprint density at radius 2 is 1.79 bits per heavy atom. The van der Waals surface area contributed by atoms with Gasteiger partial charge in [-0.05, 0) is 37.0 Å². The molecule has 1 fully saturated rings. The summed E-state index contributed by atoms with van der Waals surface area (Å²) >= 11 is 0. The number of aromatic nitrogens is 2. The normalized spacial score (nSPS) is 20.8. The molecule has 1 aliphatic carbocycles. The fourth-order valence-electron chi connectivity index (χ4n) is 4.63. The number of rotatable bonds is 3. The Hall–Kier alpha value is -2.99. The highest BCUT2D eigenvalue weighted by Gasteiger charge is 2.37. The van der Waals surface area contributed by atoms with Gasteiger partial charge in [0.1, 0.15) is 11.5 Å². The molecule has 5 rings (SSSR count). The molecule has 2 aromatic carbocycles. The lowest BCUT2D eigenvalue weighted by Crippen LogP contribution is -2.33. The molecule has 29 heavy (non-hydrogen) atoms. The molecule has 1 aromatic heterocycles. The molecule has 2 N–H and O–H groups in total. The fraction of sp³-hybridized carbons (Fsp3) is 0.304. The zero-order chi connectivity index (χ0) is 20.0. The number of halogens is 1. The summed E-state index contributed by atoms with van der Waals surface area (Å²) in [6, 6.07) is 16.5. The van der Waals surface area contributed by atoms with E-state index in [1.807, 2.05) is 18.2 Å². The van der Waals surface area contributed by atoms with Crippen molar-refractivity contribution in [2.45, 2.75) is 31.2 Å². The fourth-order valence-corrected chi connectivity index (χ4v) is 4.63. The Morgan fingerprint density at radius 3 is 2.59 bits per heavy atom. The second-order valence-electron chi connectivity index (χ2n) is 7.88. The van der Waals surface area contributed by atoms with Crippen LogP contribution in [0.25, 0.3) is 5.69 Å². The zero-order valence-electron chi connectivity index (χ0n) is 16.1. The van der Waals surface area contributed by atoms with E-state index in [-0.39, 0.29) is 23.7 Å². The summed E-state index contributed by atoms with van der Waals surface area (Å²) in [6.07, 6.45) is 2.55. The first-order valence-corrected chi connectivity index (χ1v) is 10.1. The predicted molar refractivity (Wildman–Crippen MR) is 109 cm³/mol. The number of nitrogens with zero attached hydrogens (tertiary/aromatic N) is 3. The molecule has 1 amide bonds. The van der Waals surface area contributed by atoms with Crippen LogP contribution in [-0.4, -0.2) is 39.7 Å². The van der Waals surface area contributed by atoms with E-state index in [0.29, 0.717) is 24.5 Å². The summed E-state index contributed by atoms with van der Waals surface area (Å²) in [5, 5.41) is 4.57. The van der Waals surface area contributed by atoms with Gasteiger partial charge in [-0.3, -0.25) is 4.79 Å². The number of amides is 1. The van der Waals surface area contributed by atoms with Gasteiger partial charge in [-0.15, -0.1) is 0 Å². The standard InChI is InChI=1S/C23H23FN4O/c24-18-10-4-5-11-21(18)28-20-12-6-9-16(20)22(26-28)23(29)27-13-17(19(25)14-27)15-7-2-1-3-8-15/h1-5,7-8,10-11,17,19H,6,9,12-14,25H2/t17-,19+/m0/s1. The van der Waals surface area contributed by atoms with Gasteiger partial charge in [-0.1, -0.05) is 42.5 Å². The molecule has 3 aromatic rings. The summed E-state index contributed by atoms with van der Waals surface area (Å²) < 4.78 is 16.0. The molecule has 6 heteroatoms. The summed E-state index contributed by atoms with van der Waals surface area (Å²) in [5.74, 6) is -0.329. The SMILES string of the molecule is N[C@@H]1CN(C(=O)c2nn(-c3ccccc3F)c3c2CCC3)C[C@H]1c1ccccc1. The van der Waals surface area contributed by atoms with Crippen LogP contribution in [-0.2, 0) is 12.8 Å². The lowest BCUT2D eigenvalue weighted by atomic mass is 9.95. The van der Waals surface area contributed by atoms with E-state index < -0.39 is 0 Å². The number of likely N-dealkylation sites (tertiary alicyclic amines) is 1. The molecular formula is C23H23FN4O. The van der Waals surface area contributed by atoms with E-state index in [0.717, 1.165) is 36.1 Å². The van der Waals surface area contributed by atoms with Crippen LogP contribution < -0.4 is 5.73 Å². The Balaban J connectivity index is 1.47. The van der Waals surface area contributed by atoms with Crippen molar-refractivity contribution >= 4 is 5.91 Å². The topological polar surface area (TPSA) is 64.2 Å². The van der Waals surface area contributed by atoms with Crippen molar-refractivity contribution in [2.75, 3.05) is 13.1 Å². The number of nitrogens with two attached hydrogens (primary N) is 1. The average molecular weight is 390 g/mol. The molecule has 1 saturated heterocycles. The van der Waals surface area contributed by atoms with Crippen molar-refractivity contribution in [3.8, 4) is 5.69 Å². The minimum Gasteiger partial charge on any atom is -0.335 e. The van der Waals surface area contributed by atoms with Crippen LogP contribution in [0.3, 0.4) is 0 Å². The van der Waals surface area contributed by atoms with Gasteiger partial charge in [0.05, 0.1) is 0 Å².